The number of aromatic carboxylic acids is 1. The molecule has 3 nitrogen and oxygen atoms in total. The molecule has 0 heterocycles. The van der Waals surface area contributed by atoms with Crippen molar-refractivity contribution in [2.24, 2.45) is 0 Å². The molecular weight excluding hydrogens is 201 g/mol. The monoisotopic (exact) mass is 206 g/mol. The molecule has 6 heteroatoms. The molecule has 0 spiro atoms. The van der Waals surface area contributed by atoms with E-state index >= 15 is 0 Å². The normalized spacial score (nSPS) is 10.3. The van der Waals surface area contributed by atoms with Gasteiger partial charge in [-0.3, -0.25) is 0 Å². The third-order valence-corrected chi connectivity index (χ3v) is 1.34. The molecule has 0 saturated heterocycles. The molecule has 0 atom stereocenters. The third kappa shape index (κ3) is 2.65. The lowest BCUT2D eigenvalue weighted by atomic mass is 10.2. The first-order chi connectivity index (χ1) is 6.49. The summed E-state index contributed by atoms with van der Waals surface area (Å²) in [5.74, 6) is -2.87. The standard InChI is InChI=1S/C8H5F3O3/c9-5-1-4(7(12)13)2-6(3-5)14-8(10)11/h1-3,8H,(H,12,13). The summed E-state index contributed by atoms with van der Waals surface area (Å²) in [7, 11) is 0. The second kappa shape index (κ2) is 3.99. The summed E-state index contributed by atoms with van der Waals surface area (Å²) in [5.41, 5.74) is -0.444. The van der Waals surface area contributed by atoms with E-state index in [-0.39, 0.29) is 0 Å². The molecule has 0 aliphatic rings. The Morgan fingerprint density at radius 1 is 1.36 bits per heavy atom. The Labute approximate surface area is 76.7 Å². The largest absolute Gasteiger partial charge is 0.478 e. The lowest BCUT2D eigenvalue weighted by molar-refractivity contribution is -0.0500. The first kappa shape index (κ1) is 10.4. The minimum Gasteiger partial charge on any atom is -0.478 e. The quantitative estimate of drug-likeness (QED) is 0.823. The van der Waals surface area contributed by atoms with Crippen LogP contribution >= 0.6 is 0 Å². The molecule has 0 aromatic heterocycles. The van der Waals surface area contributed by atoms with E-state index in [1.54, 1.807) is 0 Å². The van der Waals surface area contributed by atoms with Crippen LogP contribution < -0.4 is 4.74 Å². The van der Waals surface area contributed by atoms with Gasteiger partial charge < -0.3 is 9.84 Å². The minimum absolute atomic E-state index is 0.444. The number of hydrogen-bond donors (Lipinski definition) is 1. The van der Waals surface area contributed by atoms with Crippen LogP contribution in [0.4, 0.5) is 13.2 Å². The van der Waals surface area contributed by atoms with Crippen LogP contribution in [-0.4, -0.2) is 17.7 Å². The van der Waals surface area contributed by atoms with E-state index in [2.05, 4.69) is 4.74 Å². The van der Waals surface area contributed by atoms with Gasteiger partial charge in [-0.1, -0.05) is 0 Å². The van der Waals surface area contributed by atoms with Gasteiger partial charge in [0.2, 0.25) is 0 Å². The fourth-order valence-corrected chi connectivity index (χ4v) is 0.857. The summed E-state index contributed by atoms with van der Waals surface area (Å²) in [6, 6.07) is 2.21. The van der Waals surface area contributed by atoms with E-state index in [0.29, 0.717) is 12.1 Å². The Bertz CT molecular complexity index is 352. The van der Waals surface area contributed by atoms with Crippen molar-refractivity contribution in [2.75, 3.05) is 0 Å². The number of carboxylic acids is 1. The predicted molar refractivity (Wildman–Crippen MR) is 40.0 cm³/mol. The van der Waals surface area contributed by atoms with Gasteiger partial charge in [0.1, 0.15) is 11.6 Å². The number of alkyl halides is 2. The van der Waals surface area contributed by atoms with Gasteiger partial charge in [0.25, 0.3) is 0 Å². The Kier molecular flexibility index (Phi) is 2.95. The maximum atomic E-state index is 12.7. The molecule has 0 radical (unpaired) electrons. The fraction of sp³-hybridized carbons (Fsp3) is 0.125. The number of ether oxygens (including phenoxy) is 1. The second-order valence-electron chi connectivity index (χ2n) is 2.36. The van der Waals surface area contributed by atoms with Crippen molar-refractivity contribution >= 4 is 5.97 Å². The van der Waals surface area contributed by atoms with Gasteiger partial charge in [-0.05, 0) is 12.1 Å². The third-order valence-electron chi connectivity index (χ3n) is 1.34. The molecular formula is C8H5F3O3. The van der Waals surface area contributed by atoms with Crippen molar-refractivity contribution in [3.8, 4) is 5.75 Å². The van der Waals surface area contributed by atoms with Crippen LogP contribution in [0.5, 0.6) is 5.75 Å². The highest BCUT2D eigenvalue weighted by Gasteiger charge is 2.10. The van der Waals surface area contributed by atoms with Gasteiger partial charge in [-0.25, -0.2) is 9.18 Å². The molecule has 1 rings (SSSR count). The number of benzene rings is 1. The van der Waals surface area contributed by atoms with Crippen LogP contribution in [0.1, 0.15) is 10.4 Å². The van der Waals surface area contributed by atoms with Crippen molar-refractivity contribution in [1.29, 1.82) is 0 Å². The molecule has 0 unspecified atom stereocenters. The number of hydrogen-bond acceptors (Lipinski definition) is 2. The van der Waals surface area contributed by atoms with Crippen LogP contribution in [0.15, 0.2) is 18.2 Å². The first-order valence-electron chi connectivity index (χ1n) is 3.48. The molecule has 14 heavy (non-hydrogen) atoms. The van der Waals surface area contributed by atoms with Crippen molar-refractivity contribution in [2.45, 2.75) is 6.61 Å². The van der Waals surface area contributed by atoms with Crippen LogP contribution in [0, 0.1) is 5.82 Å². The van der Waals surface area contributed by atoms with Crippen molar-refractivity contribution in [1.82, 2.24) is 0 Å². The molecule has 0 aliphatic carbocycles. The maximum absolute atomic E-state index is 12.7. The summed E-state index contributed by atoms with van der Waals surface area (Å²) < 4.78 is 39.9. The van der Waals surface area contributed by atoms with Crippen LogP contribution in [0.25, 0.3) is 0 Å². The predicted octanol–water partition coefficient (Wildman–Crippen LogP) is 2.13. The van der Waals surface area contributed by atoms with Crippen molar-refractivity contribution in [3.63, 3.8) is 0 Å². The smallest absolute Gasteiger partial charge is 0.387 e. The molecule has 1 N–H and O–H groups in total. The topological polar surface area (TPSA) is 46.5 Å². The molecule has 0 amide bonds. The highest BCUT2D eigenvalue weighted by Crippen LogP contribution is 2.18. The molecule has 1 aromatic carbocycles. The Hall–Kier alpha value is -1.72. The summed E-state index contributed by atoms with van der Waals surface area (Å²) in [6.07, 6.45) is 0. The summed E-state index contributed by atoms with van der Waals surface area (Å²) >= 11 is 0. The fourth-order valence-electron chi connectivity index (χ4n) is 0.857. The summed E-state index contributed by atoms with van der Waals surface area (Å²) in [5, 5.41) is 8.46. The number of rotatable bonds is 3. The van der Waals surface area contributed by atoms with Crippen LogP contribution in [0.2, 0.25) is 0 Å². The maximum Gasteiger partial charge on any atom is 0.387 e. The Balaban J connectivity index is 3.01. The van der Waals surface area contributed by atoms with Crippen molar-refractivity contribution in [3.05, 3.63) is 29.6 Å². The lowest BCUT2D eigenvalue weighted by Gasteiger charge is -2.04. The molecule has 0 aliphatic heterocycles. The molecule has 0 bridgehead atoms. The number of halogens is 3. The van der Waals surface area contributed by atoms with E-state index < -0.39 is 29.7 Å². The SMILES string of the molecule is O=C(O)c1cc(F)cc(OC(F)F)c1. The van der Waals surface area contributed by atoms with Gasteiger partial charge in [0.15, 0.2) is 0 Å². The molecule has 0 saturated carbocycles. The average Bonchev–Trinajstić information content (AvgIpc) is 2.01. The van der Waals surface area contributed by atoms with E-state index in [1.165, 1.54) is 0 Å². The Morgan fingerprint density at radius 3 is 2.50 bits per heavy atom. The lowest BCUT2D eigenvalue weighted by Crippen LogP contribution is -2.04. The highest BCUT2D eigenvalue weighted by atomic mass is 19.3. The van der Waals surface area contributed by atoms with Crippen molar-refractivity contribution < 1.29 is 27.8 Å². The summed E-state index contributed by atoms with van der Waals surface area (Å²) in [4.78, 5) is 10.4. The zero-order chi connectivity index (χ0) is 10.7. The molecule has 1 aromatic rings. The zero-order valence-electron chi connectivity index (χ0n) is 6.71. The minimum atomic E-state index is -3.11. The summed E-state index contributed by atoms with van der Waals surface area (Å²) in [6.45, 7) is -3.11. The van der Waals surface area contributed by atoms with Gasteiger partial charge in [-0.2, -0.15) is 8.78 Å². The van der Waals surface area contributed by atoms with Crippen LogP contribution in [0.3, 0.4) is 0 Å². The number of carbonyl (C=O) groups is 1. The number of carboxylic acid groups (broad SMARTS) is 1. The molecule has 76 valence electrons. The van der Waals surface area contributed by atoms with E-state index in [9.17, 15) is 18.0 Å². The molecule has 0 fully saturated rings. The Morgan fingerprint density at radius 2 is 2.00 bits per heavy atom. The second-order valence-corrected chi connectivity index (χ2v) is 2.36. The van der Waals surface area contributed by atoms with Gasteiger partial charge in [0.05, 0.1) is 5.56 Å². The first-order valence-corrected chi connectivity index (χ1v) is 3.48. The zero-order valence-corrected chi connectivity index (χ0v) is 6.71. The van der Waals surface area contributed by atoms with Crippen LogP contribution in [-0.2, 0) is 0 Å². The highest BCUT2D eigenvalue weighted by molar-refractivity contribution is 5.88. The van der Waals surface area contributed by atoms with E-state index in [0.717, 1.165) is 6.07 Å². The van der Waals surface area contributed by atoms with Gasteiger partial charge in [0, 0.05) is 6.07 Å². The van der Waals surface area contributed by atoms with Gasteiger partial charge in [-0.15, -0.1) is 0 Å². The van der Waals surface area contributed by atoms with E-state index in [1.807, 2.05) is 0 Å². The average molecular weight is 206 g/mol. The van der Waals surface area contributed by atoms with Gasteiger partial charge >= 0.3 is 12.6 Å². The van der Waals surface area contributed by atoms with E-state index in [4.69, 9.17) is 5.11 Å².